The maximum absolute atomic E-state index is 13.4. The summed E-state index contributed by atoms with van der Waals surface area (Å²) < 4.78 is 5.66. The molecule has 1 saturated heterocycles. The number of hydrogen-bond acceptors (Lipinski definition) is 17. The van der Waals surface area contributed by atoms with Gasteiger partial charge in [-0.15, -0.1) is 24.0 Å². The first-order valence-corrected chi connectivity index (χ1v) is 23.4. The lowest BCUT2D eigenvalue weighted by Crippen LogP contribution is -2.52. The van der Waals surface area contributed by atoms with Crippen molar-refractivity contribution in [3.8, 4) is 0 Å². The zero-order valence-electron chi connectivity index (χ0n) is 36.1. The van der Waals surface area contributed by atoms with E-state index < -0.39 is 0 Å². The Labute approximate surface area is 395 Å². The molecule has 3 N–H and O–H groups in total. The van der Waals surface area contributed by atoms with E-state index in [2.05, 4.69) is 63.6 Å². The van der Waals surface area contributed by atoms with Gasteiger partial charge in [0, 0.05) is 80.3 Å². The average molecular weight is 958 g/mol. The molecule has 1 fully saturated rings. The molecule has 4 aromatic heterocycles. The number of Topliss-reactive ketones (excluding diaryl/α,β-unsaturated/α-hetero) is 1. The number of piperazine rings is 1. The Hall–Kier alpha value is -5.93. The number of ether oxygens (including phenoxy) is 1. The van der Waals surface area contributed by atoms with E-state index in [0.717, 1.165) is 44.3 Å². The van der Waals surface area contributed by atoms with Crippen LogP contribution in [0.5, 0.6) is 0 Å². The third-order valence-electron chi connectivity index (χ3n) is 10.3. The van der Waals surface area contributed by atoms with Gasteiger partial charge < -0.3 is 40.2 Å². The number of nitrogens with one attached hydrogen (secondary N) is 3. The van der Waals surface area contributed by atoms with E-state index in [4.69, 9.17) is 21.2 Å². The Morgan fingerprint density at radius 2 is 1.85 bits per heavy atom. The van der Waals surface area contributed by atoms with E-state index in [-0.39, 0.29) is 24.3 Å². The first-order valence-electron chi connectivity index (χ1n) is 20.9. The van der Waals surface area contributed by atoms with Gasteiger partial charge in [0.25, 0.3) is 5.91 Å². The smallest absolute Gasteiger partial charge is 0.317 e. The van der Waals surface area contributed by atoms with Crippen LogP contribution in [0.2, 0.25) is 5.02 Å². The highest BCUT2D eigenvalue weighted by Crippen LogP contribution is 2.33. The molecule has 6 aromatic rings. The van der Waals surface area contributed by atoms with Gasteiger partial charge in [-0.3, -0.25) is 14.6 Å². The van der Waals surface area contributed by atoms with Gasteiger partial charge >= 0.3 is 6.03 Å². The molecule has 3 amide bonds. The largest absolute Gasteiger partial charge is 0.394 e. The molecule has 0 saturated carbocycles. The summed E-state index contributed by atoms with van der Waals surface area (Å²) in [4.78, 5) is 74.1. The number of pyridine rings is 1. The molecule has 0 unspecified atom stereocenters. The number of halogens is 1. The molecule has 1 aliphatic rings. The number of thiazole rings is 2. The molecule has 2 aromatic carbocycles. The Balaban J connectivity index is 0.792. The molecule has 0 bridgehead atoms. The second-order valence-corrected chi connectivity index (χ2v) is 17.8. The van der Waals surface area contributed by atoms with Crippen LogP contribution in [0.3, 0.4) is 0 Å². The summed E-state index contributed by atoms with van der Waals surface area (Å²) in [6, 6.07) is 12.8. The molecule has 1 aliphatic heterocycles. The maximum Gasteiger partial charge on any atom is 0.317 e. The standard InChI is InChI=1S/C44H49ClN12O5S3/c1-28-7-4-9-32(45)39(28)54-42(59)35-27-49-43(65-35)53-36-25-37(52-29(2)51-36)56-17-19-57(20-18-56)44(60)47-14-21-61-22-23-62-50-13-16-55(3)41-30-8-5-11-34(63)40(30)48-26-31(41)33(58)10-6-12-38-46-15-24-64-38/h4-5,7-9,11,13,15,24-27,63H,6,10,12,14,16-23H2,1-3H3,(H,47,60)(H,54,59)(H,49,51,52,53)/b50-13-. The number of nitrogens with zero attached hydrogens (tertiary/aromatic N) is 9. The molecule has 17 nitrogen and oxygen atoms in total. The first-order chi connectivity index (χ1) is 31.5. The van der Waals surface area contributed by atoms with Crippen molar-refractivity contribution in [3.05, 3.63) is 98.3 Å². The van der Waals surface area contributed by atoms with Crippen molar-refractivity contribution in [1.29, 1.82) is 0 Å². The molecular formula is C44H49ClN12O5S3. The lowest BCUT2D eigenvalue weighted by molar-refractivity contribution is 0.0525. The van der Waals surface area contributed by atoms with Gasteiger partial charge in [-0.25, -0.2) is 24.7 Å². The minimum Gasteiger partial charge on any atom is -0.394 e. The summed E-state index contributed by atoms with van der Waals surface area (Å²) in [5.41, 5.74) is 3.46. The SMILES string of the molecule is Cc1nc(Nc2ncc(C(=O)Nc3c(C)cccc3Cl)s2)cc(N2CCN(C(=O)NCCOCCO/N=C\CN(C)c3c(C(=O)CCCc4nccs4)cnc4c(S)cccc34)CC2)n1. The minimum atomic E-state index is -0.307. The number of para-hydroxylation sites is 2. The lowest BCUT2D eigenvalue weighted by atomic mass is 10.0. The van der Waals surface area contributed by atoms with Crippen molar-refractivity contribution < 1.29 is 24.0 Å². The fraction of sp³-hybridized carbons (Fsp3) is 0.341. The highest BCUT2D eigenvalue weighted by molar-refractivity contribution is 7.80. The molecule has 340 valence electrons. The normalized spacial score (nSPS) is 12.8. The fourth-order valence-corrected chi connectivity index (χ4v) is 8.96. The summed E-state index contributed by atoms with van der Waals surface area (Å²) >= 11 is 13.7. The molecule has 0 aliphatic carbocycles. The minimum absolute atomic E-state index is 0.0169. The van der Waals surface area contributed by atoms with Crippen LogP contribution >= 0.6 is 46.9 Å². The molecule has 21 heteroatoms. The summed E-state index contributed by atoms with van der Waals surface area (Å²) in [6.07, 6.45) is 8.40. The van der Waals surface area contributed by atoms with Crippen LogP contribution in [-0.2, 0) is 16.0 Å². The van der Waals surface area contributed by atoms with E-state index in [0.29, 0.717) is 103 Å². The van der Waals surface area contributed by atoms with Crippen LogP contribution in [0, 0.1) is 13.8 Å². The molecule has 7 rings (SSSR count). The fourth-order valence-electron chi connectivity index (χ4n) is 7.04. The van der Waals surface area contributed by atoms with Crippen LogP contribution < -0.4 is 25.8 Å². The number of aromatic nitrogens is 5. The zero-order chi connectivity index (χ0) is 45.7. The van der Waals surface area contributed by atoms with Crippen LogP contribution in [0.1, 0.15) is 49.3 Å². The number of oxime groups is 1. The van der Waals surface area contributed by atoms with Gasteiger partial charge in [0.15, 0.2) is 10.9 Å². The Morgan fingerprint density at radius 1 is 1.02 bits per heavy atom. The van der Waals surface area contributed by atoms with Crippen LogP contribution in [0.15, 0.2) is 76.5 Å². The van der Waals surface area contributed by atoms with Crippen LogP contribution in [0.4, 0.5) is 32.9 Å². The molecule has 65 heavy (non-hydrogen) atoms. The van der Waals surface area contributed by atoms with Crippen molar-refractivity contribution >= 4 is 110 Å². The molecule has 0 radical (unpaired) electrons. The Morgan fingerprint density at radius 3 is 2.65 bits per heavy atom. The lowest BCUT2D eigenvalue weighted by Gasteiger charge is -2.35. The highest BCUT2D eigenvalue weighted by Gasteiger charge is 2.23. The number of aryl methyl sites for hydroxylation is 3. The molecule has 0 spiro atoms. The monoisotopic (exact) mass is 956 g/mol. The number of ketones is 1. The topological polar surface area (TPSA) is 192 Å². The van der Waals surface area contributed by atoms with Crippen molar-refractivity contribution in [1.82, 2.24) is 35.1 Å². The van der Waals surface area contributed by atoms with Gasteiger partial charge in [-0.2, -0.15) is 0 Å². The van der Waals surface area contributed by atoms with E-state index in [9.17, 15) is 14.4 Å². The van der Waals surface area contributed by atoms with Crippen molar-refractivity contribution in [2.75, 3.05) is 86.6 Å². The summed E-state index contributed by atoms with van der Waals surface area (Å²) in [7, 11) is 1.90. The number of carbonyl (C=O) groups is 3. The third kappa shape index (κ3) is 12.7. The summed E-state index contributed by atoms with van der Waals surface area (Å²) in [5, 5.41) is 17.8. The predicted octanol–water partition coefficient (Wildman–Crippen LogP) is 7.69. The highest BCUT2D eigenvalue weighted by atomic mass is 35.5. The van der Waals surface area contributed by atoms with E-state index in [1.54, 1.807) is 40.9 Å². The van der Waals surface area contributed by atoms with E-state index in [1.807, 2.05) is 67.6 Å². The number of fused-ring (bicyclic) bond motifs is 1. The quantitative estimate of drug-likeness (QED) is 0.0192. The molecule has 5 heterocycles. The number of urea groups is 1. The maximum atomic E-state index is 13.4. The zero-order valence-corrected chi connectivity index (χ0v) is 39.4. The first kappa shape index (κ1) is 47.0. The number of hydrogen-bond donors (Lipinski definition) is 4. The van der Waals surface area contributed by atoms with Gasteiger partial charge in [0.2, 0.25) is 0 Å². The Bertz CT molecular complexity index is 2600. The molecule has 0 atom stereocenters. The summed E-state index contributed by atoms with van der Waals surface area (Å²) in [6.45, 7) is 7.43. The van der Waals surface area contributed by atoms with Gasteiger partial charge in [-0.05, 0) is 44.4 Å². The van der Waals surface area contributed by atoms with Crippen molar-refractivity contribution in [3.63, 3.8) is 0 Å². The summed E-state index contributed by atoms with van der Waals surface area (Å²) in [5.74, 6) is 1.54. The number of thiol groups is 1. The average Bonchev–Trinajstić information content (AvgIpc) is 4.01. The number of amides is 3. The number of carbonyl (C=O) groups excluding carboxylic acids is 3. The number of benzene rings is 2. The van der Waals surface area contributed by atoms with Crippen LogP contribution in [0.25, 0.3) is 10.9 Å². The number of anilines is 5. The van der Waals surface area contributed by atoms with E-state index in [1.165, 1.54) is 17.5 Å². The van der Waals surface area contributed by atoms with E-state index >= 15 is 0 Å². The Kier molecular flexibility index (Phi) is 16.5. The van der Waals surface area contributed by atoms with Crippen molar-refractivity contribution in [2.24, 2.45) is 5.16 Å². The second kappa shape index (κ2) is 22.8. The number of rotatable bonds is 20. The van der Waals surface area contributed by atoms with Gasteiger partial charge in [0.1, 0.15) is 28.9 Å². The van der Waals surface area contributed by atoms with Crippen LogP contribution in [-0.4, -0.2) is 120 Å². The molecular weight excluding hydrogens is 908 g/mol. The van der Waals surface area contributed by atoms with Crippen molar-refractivity contribution in [2.45, 2.75) is 38.0 Å². The van der Waals surface area contributed by atoms with Gasteiger partial charge in [0.05, 0.1) is 64.7 Å². The second-order valence-electron chi connectivity index (χ2n) is 14.9. The van der Waals surface area contributed by atoms with Gasteiger partial charge in [-0.1, -0.05) is 52.4 Å². The predicted molar refractivity (Wildman–Crippen MR) is 260 cm³/mol. The third-order valence-corrected chi connectivity index (χ3v) is 12.7.